The first kappa shape index (κ1) is 18.8. The zero-order valence-corrected chi connectivity index (χ0v) is 16.5. The highest BCUT2D eigenvalue weighted by atomic mass is 32.2. The Balaban J connectivity index is 1.55. The number of likely N-dealkylation sites (tertiary alicyclic amines) is 1. The van der Waals surface area contributed by atoms with Crippen LogP contribution in [0.5, 0.6) is 0 Å². The molecule has 1 N–H and O–H groups in total. The number of pyridine rings is 1. The van der Waals surface area contributed by atoms with Gasteiger partial charge in [-0.3, -0.25) is 4.98 Å². The molecule has 1 aliphatic heterocycles. The molecule has 138 valence electrons. The van der Waals surface area contributed by atoms with E-state index in [0.717, 1.165) is 37.0 Å². The van der Waals surface area contributed by atoms with Crippen molar-refractivity contribution in [3.63, 3.8) is 0 Å². The van der Waals surface area contributed by atoms with Crippen molar-refractivity contribution in [2.24, 2.45) is 10.9 Å². The number of hydrogen-bond donors (Lipinski definition) is 1. The third-order valence-electron chi connectivity index (χ3n) is 4.49. The first-order valence-electron chi connectivity index (χ1n) is 9.38. The molecule has 1 aromatic carbocycles. The number of hydrogen-bond acceptors (Lipinski definition) is 3. The molecule has 1 saturated heterocycles. The summed E-state index contributed by atoms with van der Waals surface area (Å²) in [5.41, 5.74) is 2.07. The van der Waals surface area contributed by atoms with Gasteiger partial charge in [0, 0.05) is 36.0 Å². The van der Waals surface area contributed by atoms with Crippen LogP contribution in [-0.2, 0) is 6.54 Å². The van der Waals surface area contributed by atoms with Crippen LogP contribution in [0.1, 0.15) is 24.7 Å². The molecule has 1 unspecified atom stereocenters. The van der Waals surface area contributed by atoms with Gasteiger partial charge >= 0.3 is 0 Å². The lowest BCUT2D eigenvalue weighted by Crippen LogP contribution is -2.40. The van der Waals surface area contributed by atoms with Gasteiger partial charge in [-0.05, 0) is 50.5 Å². The summed E-state index contributed by atoms with van der Waals surface area (Å²) in [5, 5.41) is 3.45. The van der Waals surface area contributed by atoms with Crippen LogP contribution in [0.15, 0.2) is 58.4 Å². The van der Waals surface area contributed by atoms with E-state index in [0.29, 0.717) is 12.5 Å². The molecule has 26 heavy (non-hydrogen) atoms. The molecule has 2 aromatic rings. The molecule has 4 nitrogen and oxygen atoms in total. The van der Waals surface area contributed by atoms with Crippen LogP contribution in [0.4, 0.5) is 0 Å². The molecule has 1 aliphatic rings. The van der Waals surface area contributed by atoms with Crippen molar-refractivity contribution >= 4 is 17.7 Å². The van der Waals surface area contributed by atoms with Crippen molar-refractivity contribution in [3.8, 4) is 0 Å². The van der Waals surface area contributed by atoms with E-state index in [2.05, 4.69) is 52.5 Å². The Morgan fingerprint density at radius 1 is 1.23 bits per heavy atom. The van der Waals surface area contributed by atoms with Crippen LogP contribution < -0.4 is 5.32 Å². The van der Waals surface area contributed by atoms with Crippen molar-refractivity contribution in [1.82, 2.24) is 15.2 Å². The van der Waals surface area contributed by atoms with E-state index < -0.39 is 0 Å². The van der Waals surface area contributed by atoms with E-state index in [-0.39, 0.29) is 0 Å². The third-order valence-corrected chi connectivity index (χ3v) is 5.73. The SMILES string of the molecule is CCNC(=NCc1cccc(C)n1)N1CCC(CSc2ccccc2)C1. The minimum atomic E-state index is 0.629. The van der Waals surface area contributed by atoms with Crippen LogP contribution in [0.2, 0.25) is 0 Å². The van der Waals surface area contributed by atoms with E-state index in [1.165, 1.54) is 17.1 Å². The van der Waals surface area contributed by atoms with E-state index in [1.807, 2.05) is 36.9 Å². The van der Waals surface area contributed by atoms with Crippen LogP contribution in [0, 0.1) is 12.8 Å². The second-order valence-electron chi connectivity index (χ2n) is 6.67. The van der Waals surface area contributed by atoms with Gasteiger partial charge in [-0.15, -0.1) is 11.8 Å². The molecular formula is C21H28N4S. The standard InChI is InChI=1S/C21H28N4S/c1-3-22-21(23-14-19-9-7-8-17(2)24-19)25-13-12-18(15-25)16-26-20-10-5-4-6-11-20/h4-11,18H,3,12-16H2,1-2H3,(H,22,23). The van der Waals surface area contributed by atoms with Gasteiger partial charge in [0.15, 0.2) is 5.96 Å². The number of guanidine groups is 1. The normalized spacial score (nSPS) is 17.5. The Hall–Kier alpha value is -2.01. The van der Waals surface area contributed by atoms with Crippen molar-refractivity contribution in [2.45, 2.75) is 31.7 Å². The summed E-state index contributed by atoms with van der Waals surface area (Å²) in [6.45, 7) is 7.82. The van der Waals surface area contributed by atoms with Gasteiger partial charge in [-0.1, -0.05) is 24.3 Å². The summed E-state index contributed by atoms with van der Waals surface area (Å²) < 4.78 is 0. The van der Waals surface area contributed by atoms with E-state index >= 15 is 0 Å². The first-order chi connectivity index (χ1) is 12.7. The Labute approximate surface area is 161 Å². The average molecular weight is 369 g/mol. The summed E-state index contributed by atoms with van der Waals surface area (Å²) in [5.74, 6) is 2.89. The molecule has 0 aliphatic carbocycles. The van der Waals surface area contributed by atoms with E-state index in [9.17, 15) is 0 Å². The minimum absolute atomic E-state index is 0.629. The zero-order chi connectivity index (χ0) is 18.2. The number of benzene rings is 1. The Morgan fingerprint density at radius 3 is 2.85 bits per heavy atom. The van der Waals surface area contributed by atoms with Gasteiger partial charge in [0.05, 0.1) is 12.2 Å². The molecule has 5 heteroatoms. The van der Waals surface area contributed by atoms with Gasteiger partial charge < -0.3 is 10.2 Å². The van der Waals surface area contributed by atoms with Crippen LogP contribution in [0.3, 0.4) is 0 Å². The number of aryl methyl sites for hydroxylation is 1. The Bertz CT molecular complexity index is 717. The van der Waals surface area contributed by atoms with Crippen molar-refractivity contribution in [1.29, 1.82) is 0 Å². The van der Waals surface area contributed by atoms with Gasteiger partial charge in [-0.2, -0.15) is 0 Å². The number of thioether (sulfide) groups is 1. The lowest BCUT2D eigenvalue weighted by molar-refractivity contribution is 0.474. The lowest BCUT2D eigenvalue weighted by Gasteiger charge is -2.21. The fourth-order valence-electron chi connectivity index (χ4n) is 3.16. The van der Waals surface area contributed by atoms with Gasteiger partial charge in [0.2, 0.25) is 0 Å². The number of nitrogens with zero attached hydrogens (tertiary/aromatic N) is 3. The largest absolute Gasteiger partial charge is 0.357 e. The zero-order valence-electron chi connectivity index (χ0n) is 15.7. The third kappa shape index (κ3) is 5.49. The van der Waals surface area contributed by atoms with E-state index in [1.54, 1.807) is 0 Å². The Kier molecular flexibility index (Phi) is 6.95. The maximum Gasteiger partial charge on any atom is 0.194 e. The average Bonchev–Trinajstić information content (AvgIpc) is 3.13. The highest BCUT2D eigenvalue weighted by molar-refractivity contribution is 7.99. The lowest BCUT2D eigenvalue weighted by atomic mass is 10.2. The molecule has 2 heterocycles. The summed E-state index contributed by atoms with van der Waals surface area (Å²) in [6, 6.07) is 16.8. The minimum Gasteiger partial charge on any atom is -0.357 e. The highest BCUT2D eigenvalue weighted by Gasteiger charge is 2.24. The molecule has 0 amide bonds. The first-order valence-corrected chi connectivity index (χ1v) is 10.4. The van der Waals surface area contributed by atoms with Crippen molar-refractivity contribution in [3.05, 3.63) is 59.9 Å². The van der Waals surface area contributed by atoms with Gasteiger partial charge in [-0.25, -0.2) is 4.99 Å². The summed E-state index contributed by atoms with van der Waals surface area (Å²) in [7, 11) is 0. The molecule has 1 atom stereocenters. The maximum atomic E-state index is 4.82. The second kappa shape index (κ2) is 9.62. The van der Waals surface area contributed by atoms with Crippen LogP contribution in [0.25, 0.3) is 0 Å². The molecule has 3 rings (SSSR count). The summed E-state index contributed by atoms with van der Waals surface area (Å²) in [6.07, 6.45) is 1.23. The predicted molar refractivity (Wildman–Crippen MR) is 111 cm³/mol. The van der Waals surface area contributed by atoms with Gasteiger partial charge in [0.25, 0.3) is 0 Å². The van der Waals surface area contributed by atoms with Crippen molar-refractivity contribution < 1.29 is 0 Å². The molecule has 0 bridgehead atoms. The molecule has 0 saturated carbocycles. The van der Waals surface area contributed by atoms with Crippen LogP contribution in [-0.4, -0.2) is 41.2 Å². The molecule has 0 spiro atoms. The fourth-order valence-corrected chi connectivity index (χ4v) is 4.21. The highest BCUT2D eigenvalue weighted by Crippen LogP contribution is 2.25. The number of aromatic nitrogens is 1. The topological polar surface area (TPSA) is 40.5 Å². The molecule has 1 fully saturated rings. The van der Waals surface area contributed by atoms with Gasteiger partial charge in [0.1, 0.15) is 0 Å². The monoisotopic (exact) mass is 368 g/mol. The smallest absolute Gasteiger partial charge is 0.194 e. The molecule has 1 aromatic heterocycles. The number of rotatable bonds is 6. The van der Waals surface area contributed by atoms with Crippen LogP contribution >= 0.6 is 11.8 Å². The van der Waals surface area contributed by atoms with E-state index in [4.69, 9.17) is 4.99 Å². The van der Waals surface area contributed by atoms with Crippen molar-refractivity contribution in [2.75, 3.05) is 25.4 Å². The predicted octanol–water partition coefficient (Wildman–Crippen LogP) is 3.97. The molecular weight excluding hydrogens is 340 g/mol. The maximum absolute atomic E-state index is 4.82. The summed E-state index contributed by atoms with van der Waals surface area (Å²) >= 11 is 1.96. The quantitative estimate of drug-likeness (QED) is 0.476. The summed E-state index contributed by atoms with van der Waals surface area (Å²) in [4.78, 5) is 13.1. The Morgan fingerprint density at radius 2 is 2.08 bits per heavy atom. The number of aliphatic imine (C=N–C) groups is 1. The fraction of sp³-hybridized carbons (Fsp3) is 0.429. The second-order valence-corrected chi connectivity index (χ2v) is 7.76. The molecule has 0 radical (unpaired) electrons. The number of nitrogens with one attached hydrogen (secondary N) is 1.